The second-order valence-corrected chi connectivity index (χ2v) is 9.91. The summed E-state index contributed by atoms with van der Waals surface area (Å²) < 4.78 is 119. The number of carbonyl (C=O) groups is 2. The van der Waals surface area contributed by atoms with Crippen LogP contribution in [0.15, 0.2) is 48.6 Å². The Balaban J connectivity index is 2.02. The molecule has 1 fully saturated rings. The van der Waals surface area contributed by atoms with Crippen LogP contribution in [0, 0.1) is 0 Å². The first-order chi connectivity index (χ1) is 21.5. The number of hydrogen-bond donors (Lipinski definition) is 1. The van der Waals surface area contributed by atoms with Gasteiger partial charge < -0.3 is 15.0 Å². The van der Waals surface area contributed by atoms with Crippen molar-refractivity contribution in [3.63, 3.8) is 0 Å². The molecule has 0 spiro atoms. The third-order valence-electron chi connectivity index (χ3n) is 4.52. The van der Waals surface area contributed by atoms with E-state index in [-0.39, 0.29) is 16.0 Å². The van der Waals surface area contributed by atoms with Gasteiger partial charge in [-0.1, -0.05) is 24.2 Å². The average molecular weight is 490 g/mol. The Morgan fingerprint density at radius 1 is 1.17 bits per heavy atom. The second-order valence-electron chi connectivity index (χ2n) is 9.91. The summed E-state index contributed by atoms with van der Waals surface area (Å²) in [5.41, 5.74) is -3.48. The van der Waals surface area contributed by atoms with Gasteiger partial charge in [0.1, 0.15) is 11.1 Å². The van der Waals surface area contributed by atoms with Gasteiger partial charge >= 0.3 is 6.09 Å². The molecule has 1 saturated heterocycles. The van der Waals surface area contributed by atoms with E-state index in [0.717, 1.165) is 4.68 Å². The van der Waals surface area contributed by atoms with Crippen molar-refractivity contribution in [1.82, 2.24) is 20.0 Å². The molecule has 2 heterocycles. The number of benzene rings is 2. The van der Waals surface area contributed by atoms with E-state index in [1.165, 1.54) is 33.0 Å². The number of ether oxygens (including phenoxy) is 1. The van der Waals surface area contributed by atoms with Crippen LogP contribution in [0.4, 0.5) is 4.79 Å². The summed E-state index contributed by atoms with van der Waals surface area (Å²) in [6.07, 6.45) is -8.28. The maximum Gasteiger partial charge on any atom is 0.410 e. The maximum absolute atomic E-state index is 13.3. The Hall–Kier alpha value is -3.35. The van der Waals surface area contributed by atoms with E-state index in [1.807, 2.05) is 0 Å². The van der Waals surface area contributed by atoms with Crippen molar-refractivity contribution in [2.75, 3.05) is 13.0 Å². The normalized spacial score (nSPS) is 30.1. The Morgan fingerprint density at radius 3 is 2.54 bits per heavy atom. The van der Waals surface area contributed by atoms with E-state index < -0.39 is 90.2 Å². The summed E-state index contributed by atoms with van der Waals surface area (Å²) >= 11 is 0. The van der Waals surface area contributed by atoms with Crippen LogP contribution in [0.5, 0.6) is 0 Å². The van der Waals surface area contributed by atoms with Gasteiger partial charge in [-0.25, -0.2) is 9.48 Å². The van der Waals surface area contributed by atoms with E-state index >= 15 is 0 Å². The summed E-state index contributed by atoms with van der Waals surface area (Å²) in [7, 11) is 0. The van der Waals surface area contributed by atoms with Crippen LogP contribution in [0.2, 0.25) is 0 Å². The zero-order valence-corrected chi connectivity index (χ0v) is 20.4. The number of nitrogens with zero attached hydrogens (tertiary/aromatic N) is 3. The molecule has 186 valence electrons. The predicted molar refractivity (Wildman–Crippen MR) is 138 cm³/mol. The smallest absolute Gasteiger partial charge is 0.410 e. The van der Waals surface area contributed by atoms with E-state index in [0.29, 0.717) is 5.39 Å². The van der Waals surface area contributed by atoms with Crippen LogP contribution in [0.1, 0.15) is 93.9 Å². The quantitative estimate of drug-likeness (QED) is 0.514. The van der Waals surface area contributed by atoms with E-state index in [9.17, 15) is 11.0 Å². The molecule has 0 radical (unpaired) electrons. The molecule has 1 aliphatic rings. The number of hydrogen-bond acceptors (Lipinski definition) is 4. The number of piperidine rings is 1. The molecular formula is C28H36N4O3. The van der Waals surface area contributed by atoms with Gasteiger partial charge in [0.2, 0.25) is 0 Å². The molecule has 0 bridgehead atoms. The van der Waals surface area contributed by atoms with Crippen LogP contribution in [0.25, 0.3) is 16.6 Å². The Labute approximate surface area is 225 Å². The Bertz CT molecular complexity index is 1800. The molecule has 2 aromatic carbocycles. The van der Waals surface area contributed by atoms with Gasteiger partial charge in [-0.15, -0.1) is 0 Å². The highest BCUT2D eigenvalue weighted by atomic mass is 16.6. The molecule has 7 nitrogen and oxygen atoms in total. The van der Waals surface area contributed by atoms with Crippen LogP contribution in [-0.2, 0) is 4.74 Å². The second kappa shape index (κ2) is 9.36. The zero-order chi connectivity index (χ0) is 37.0. The van der Waals surface area contributed by atoms with Crippen molar-refractivity contribution in [3.8, 4) is 5.69 Å². The van der Waals surface area contributed by atoms with E-state index in [2.05, 4.69) is 10.4 Å². The minimum absolute atomic E-state index is 0.139. The molecule has 1 N–H and O–H groups in total. The minimum Gasteiger partial charge on any atom is -0.444 e. The summed E-state index contributed by atoms with van der Waals surface area (Å²) in [5.74, 6) is -4.30. The standard InChI is InChI=1S/C28H36N4O3/c1-27(2,3)29-25(33)23-11-7-9-21-18-32(30-24(21)23)22-14-12-19(13-15-22)20-10-8-16-31(17-20)26(34)35-28(4,5)6/h7,9,11-15,18,20H,8,10,16-17H2,1-6H3,(H,29,33)/i8D2,10D2,12D,13D,14D,15D,16D2,17D2,20D. The summed E-state index contributed by atoms with van der Waals surface area (Å²) in [5, 5.41) is 7.52. The highest BCUT2D eigenvalue weighted by molar-refractivity contribution is 6.05. The third kappa shape index (κ3) is 6.02. The van der Waals surface area contributed by atoms with Gasteiger partial charge in [-0.2, -0.15) is 5.10 Å². The molecule has 0 saturated carbocycles. The van der Waals surface area contributed by atoms with Crippen molar-refractivity contribution in [2.45, 2.75) is 71.3 Å². The lowest BCUT2D eigenvalue weighted by molar-refractivity contribution is 0.0198. The fourth-order valence-corrected chi connectivity index (χ4v) is 3.13. The average Bonchev–Trinajstić information content (AvgIpc) is 3.32. The van der Waals surface area contributed by atoms with Gasteiger partial charge in [-0.3, -0.25) is 4.79 Å². The molecule has 1 aliphatic heterocycles. The molecular weight excluding hydrogens is 440 g/mol. The predicted octanol–water partition coefficient (Wildman–Crippen LogP) is 5.67. The molecule has 3 aromatic rings. The van der Waals surface area contributed by atoms with E-state index in [1.54, 1.807) is 32.9 Å². The first-order valence-electron chi connectivity index (χ1n) is 17.4. The number of amides is 2. The van der Waals surface area contributed by atoms with Crippen LogP contribution in [0.3, 0.4) is 0 Å². The van der Waals surface area contributed by atoms with E-state index in [4.69, 9.17) is 21.2 Å². The fraction of sp³-hybridized carbons (Fsp3) is 0.464. The molecule has 4 rings (SSSR count). The van der Waals surface area contributed by atoms with Crippen molar-refractivity contribution in [1.29, 1.82) is 0 Å². The van der Waals surface area contributed by atoms with Crippen molar-refractivity contribution in [3.05, 3.63) is 59.7 Å². The molecule has 2 amide bonds. The fourth-order valence-electron chi connectivity index (χ4n) is 3.13. The lowest BCUT2D eigenvalue weighted by Crippen LogP contribution is -2.42. The molecule has 1 aromatic heterocycles. The number of aromatic nitrogens is 2. The van der Waals surface area contributed by atoms with Crippen molar-refractivity contribution >= 4 is 22.9 Å². The van der Waals surface area contributed by atoms with Gasteiger partial charge in [0, 0.05) is 45.6 Å². The van der Waals surface area contributed by atoms with Crippen LogP contribution >= 0.6 is 0 Å². The Kier molecular flexibility index (Phi) is 3.50. The first kappa shape index (κ1) is 13.1. The van der Waals surface area contributed by atoms with Gasteiger partial charge in [0.05, 0.1) is 19.5 Å². The summed E-state index contributed by atoms with van der Waals surface area (Å²) in [4.78, 5) is 25.9. The number of likely N-dealkylation sites (tertiary alicyclic amines) is 1. The highest BCUT2D eigenvalue weighted by Crippen LogP contribution is 2.29. The molecule has 0 aliphatic carbocycles. The molecule has 35 heavy (non-hydrogen) atoms. The maximum atomic E-state index is 13.3. The third-order valence-corrected chi connectivity index (χ3v) is 4.52. The van der Waals surface area contributed by atoms with Crippen LogP contribution < -0.4 is 5.32 Å². The monoisotopic (exact) mass is 489 g/mol. The Morgan fingerprint density at radius 2 is 1.89 bits per heavy atom. The summed E-state index contributed by atoms with van der Waals surface area (Å²) in [6.45, 7) is 1.76. The lowest BCUT2D eigenvalue weighted by atomic mass is 9.91. The molecule has 1 atom stereocenters. The van der Waals surface area contributed by atoms with Crippen molar-refractivity contribution in [2.24, 2.45) is 0 Å². The zero-order valence-electron chi connectivity index (χ0n) is 33.4. The first-order valence-corrected chi connectivity index (χ1v) is 10.9. The van der Waals surface area contributed by atoms with Crippen molar-refractivity contribution < 1.29 is 32.1 Å². The van der Waals surface area contributed by atoms with Gasteiger partial charge in [-0.05, 0) is 78.0 Å². The minimum atomic E-state index is -3.94. The topological polar surface area (TPSA) is 76.5 Å². The number of carbonyl (C=O) groups excluding carboxylic acids is 2. The number of fused-ring (bicyclic) bond motifs is 1. The molecule has 7 heteroatoms. The number of nitrogens with one attached hydrogen (secondary N) is 1. The van der Waals surface area contributed by atoms with Gasteiger partial charge in [0.15, 0.2) is 0 Å². The largest absolute Gasteiger partial charge is 0.444 e. The van der Waals surface area contributed by atoms with Crippen LogP contribution in [-0.4, -0.2) is 50.8 Å². The molecule has 1 unspecified atom stereocenters. The lowest BCUT2D eigenvalue weighted by Gasteiger charge is -2.34. The number of rotatable bonds is 3. The highest BCUT2D eigenvalue weighted by Gasteiger charge is 2.28. The van der Waals surface area contributed by atoms with Gasteiger partial charge in [0.25, 0.3) is 5.91 Å². The SMILES string of the molecule is [2H]c1c([2H])c(C2([2H])C([2H])([2H])N(C(=O)OC(C)(C)C)C([2H])([2H])C([2H])([2H])C2([2H])[2H])c([2H])c([2H])c1-n1cc2cccc(C(=O)NC(C)(C)C)c2n1. The summed E-state index contributed by atoms with van der Waals surface area (Å²) in [6, 6.07) is 0.459.